The topological polar surface area (TPSA) is 24.1 Å². The molecule has 2 rings (SSSR count). The molecule has 17 heavy (non-hydrogen) atoms. The van der Waals surface area contributed by atoms with Crippen molar-refractivity contribution in [2.45, 2.75) is 17.5 Å². The summed E-state index contributed by atoms with van der Waals surface area (Å²) in [7, 11) is 0. The largest absolute Gasteiger partial charge is 0.352 e. The van der Waals surface area contributed by atoms with Crippen LogP contribution in [-0.4, -0.2) is 24.1 Å². The molecular formula is C11H12BrClF2N2. The zero-order chi connectivity index (χ0) is 12.5. The van der Waals surface area contributed by atoms with Gasteiger partial charge in [-0.2, -0.15) is 8.78 Å². The molecule has 0 bridgehead atoms. The SMILES string of the molecule is FC(F)(Cl)C1(Cc2ccccc2Br)NCCN1. The molecule has 94 valence electrons. The second-order valence-corrected chi connectivity index (χ2v) is 5.35. The molecule has 1 heterocycles. The lowest BCUT2D eigenvalue weighted by Gasteiger charge is -2.34. The van der Waals surface area contributed by atoms with Gasteiger partial charge in [-0.1, -0.05) is 34.1 Å². The van der Waals surface area contributed by atoms with Gasteiger partial charge < -0.3 is 0 Å². The van der Waals surface area contributed by atoms with Crippen LogP contribution in [0.2, 0.25) is 0 Å². The molecule has 0 saturated carbocycles. The molecular weight excluding hydrogens is 313 g/mol. The van der Waals surface area contributed by atoms with Gasteiger partial charge in [-0.15, -0.1) is 0 Å². The zero-order valence-electron chi connectivity index (χ0n) is 8.94. The van der Waals surface area contributed by atoms with E-state index in [0.717, 1.165) is 10.0 Å². The van der Waals surface area contributed by atoms with Gasteiger partial charge in [-0.3, -0.25) is 10.6 Å². The molecule has 1 aliphatic heterocycles. The lowest BCUT2D eigenvalue weighted by molar-refractivity contribution is -0.0158. The minimum absolute atomic E-state index is 0.116. The predicted octanol–water partition coefficient (Wildman–Crippen LogP) is 2.71. The molecule has 0 amide bonds. The lowest BCUT2D eigenvalue weighted by atomic mass is 10.0. The van der Waals surface area contributed by atoms with E-state index in [9.17, 15) is 8.78 Å². The number of hydrogen-bond donors (Lipinski definition) is 2. The minimum atomic E-state index is -3.35. The summed E-state index contributed by atoms with van der Waals surface area (Å²) in [5, 5.41) is 2.20. The molecule has 0 atom stereocenters. The number of hydrogen-bond acceptors (Lipinski definition) is 2. The van der Waals surface area contributed by atoms with E-state index in [0.29, 0.717) is 13.1 Å². The van der Waals surface area contributed by atoms with Gasteiger partial charge in [0.2, 0.25) is 0 Å². The summed E-state index contributed by atoms with van der Waals surface area (Å²) in [6.07, 6.45) is 0.116. The smallest absolute Gasteiger partial charge is 0.292 e. The first-order valence-corrected chi connectivity index (χ1v) is 6.42. The minimum Gasteiger partial charge on any atom is -0.292 e. The Kier molecular flexibility index (Phi) is 3.73. The van der Waals surface area contributed by atoms with E-state index in [4.69, 9.17) is 11.6 Å². The molecule has 0 aliphatic carbocycles. The van der Waals surface area contributed by atoms with Gasteiger partial charge in [0.1, 0.15) is 0 Å². The molecule has 0 spiro atoms. The third kappa shape index (κ3) is 2.62. The van der Waals surface area contributed by atoms with Gasteiger partial charge >= 0.3 is 5.38 Å². The number of nitrogens with one attached hydrogen (secondary N) is 2. The average molecular weight is 326 g/mol. The molecule has 0 aromatic heterocycles. The predicted molar refractivity (Wildman–Crippen MR) is 67.4 cm³/mol. The van der Waals surface area contributed by atoms with Gasteiger partial charge in [-0.05, 0) is 23.2 Å². The third-order valence-electron chi connectivity index (χ3n) is 2.88. The Hall–Kier alpha value is -0.230. The van der Waals surface area contributed by atoms with Crippen molar-refractivity contribution >= 4 is 27.5 Å². The van der Waals surface area contributed by atoms with Crippen molar-refractivity contribution in [1.29, 1.82) is 0 Å². The van der Waals surface area contributed by atoms with Crippen LogP contribution < -0.4 is 10.6 Å². The van der Waals surface area contributed by atoms with Gasteiger partial charge in [0.05, 0.1) is 0 Å². The summed E-state index contributed by atoms with van der Waals surface area (Å²) in [6, 6.07) is 7.28. The maximum Gasteiger partial charge on any atom is 0.352 e. The molecule has 1 aromatic carbocycles. The maximum atomic E-state index is 13.5. The number of alkyl halides is 3. The highest BCUT2D eigenvalue weighted by atomic mass is 79.9. The van der Waals surface area contributed by atoms with Gasteiger partial charge in [0.15, 0.2) is 5.66 Å². The van der Waals surface area contributed by atoms with Crippen LogP contribution in [0.25, 0.3) is 0 Å². The Labute approximate surface area is 112 Å². The van der Waals surface area contributed by atoms with Crippen molar-refractivity contribution < 1.29 is 8.78 Å². The monoisotopic (exact) mass is 324 g/mol. The fraction of sp³-hybridized carbons (Fsp3) is 0.455. The fourth-order valence-corrected chi connectivity index (χ4v) is 2.59. The first-order valence-electron chi connectivity index (χ1n) is 5.25. The van der Waals surface area contributed by atoms with Crippen LogP contribution in [0.4, 0.5) is 8.78 Å². The highest BCUT2D eigenvalue weighted by molar-refractivity contribution is 9.10. The maximum absolute atomic E-state index is 13.5. The van der Waals surface area contributed by atoms with Crippen molar-refractivity contribution in [1.82, 2.24) is 10.6 Å². The van der Waals surface area contributed by atoms with Crippen molar-refractivity contribution in [2.24, 2.45) is 0 Å². The molecule has 1 aromatic rings. The first-order chi connectivity index (χ1) is 7.95. The van der Waals surface area contributed by atoms with E-state index in [1.807, 2.05) is 18.2 Å². The highest BCUT2D eigenvalue weighted by Gasteiger charge is 2.54. The molecule has 2 nitrogen and oxygen atoms in total. The standard InChI is InChI=1S/C11H12BrClF2N2/c12-9-4-2-1-3-8(9)7-10(11(13,14)15)16-5-6-17-10/h1-4,16-17H,5-7H2. The summed E-state index contributed by atoms with van der Waals surface area (Å²) in [6.45, 7) is 0.958. The van der Waals surface area contributed by atoms with Gasteiger partial charge in [-0.25, -0.2) is 0 Å². The molecule has 0 unspecified atom stereocenters. The van der Waals surface area contributed by atoms with Crippen LogP contribution in [0, 0.1) is 0 Å². The van der Waals surface area contributed by atoms with Gasteiger partial charge in [0.25, 0.3) is 0 Å². The van der Waals surface area contributed by atoms with Crippen molar-refractivity contribution in [3.63, 3.8) is 0 Å². The van der Waals surface area contributed by atoms with Crippen LogP contribution >= 0.6 is 27.5 Å². The quantitative estimate of drug-likeness (QED) is 0.835. The highest BCUT2D eigenvalue weighted by Crippen LogP contribution is 2.36. The average Bonchev–Trinajstić information content (AvgIpc) is 2.70. The number of rotatable bonds is 3. The molecule has 1 fully saturated rings. The normalized spacial score (nSPS) is 19.5. The Balaban J connectivity index is 2.28. The van der Waals surface area contributed by atoms with E-state index >= 15 is 0 Å². The van der Waals surface area contributed by atoms with Crippen molar-refractivity contribution in [3.05, 3.63) is 34.3 Å². The van der Waals surface area contributed by atoms with E-state index in [1.165, 1.54) is 0 Å². The molecule has 1 saturated heterocycles. The number of halogens is 4. The summed E-state index contributed by atoms with van der Waals surface area (Å²) in [5.41, 5.74) is -0.784. The number of benzene rings is 1. The van der Waals surface area contributed by atoms with Crippen LogP contribution in [0.1, 0.15) is 5.56 Å². The Morgan fingerprint density at radius 3 is 2.41 bits per heavy atom. The molecule has 6 heteroatoms. The van der Waals surface area contributed by atoms with E-state index in [2.05, 4.69) is 26.6 Å². The van der Waals surface area contributed by atoms with Crippen LogP contribution in [0.3, 0.4) is 0 Å². The zero-order valence-corrected chi connectivity index (χ0v) is 11.3. The van der Waals surface area contributed by atoms with Crippen molar-refractivity contribution in [2.75, 3.05) is 13.1 Å². The lowest BCUT2D eigenvalue weighted by Crippen LogP contribution is -2.61. The van der Waals surface area contributed by atoms with Gasteiger partial charge in [0, 0.05) is 24.0 Å². The van der Waals surface area contributed by atoms with E-state index < -0.39 is 11.0 Å². The molecule has 1 aliphatic rings. The second kappa shape index (κ2) is 4.80. The Morgan fingerprint density at radius 1 is 1.29 bits per heavy atom. The summed E-state index contributed by atoms with van der Waals surface area (Å²) < 4.78 is 27.9. The van der Waals surface area contributed by atoms with E-state index in [1.54, 1.807) is 6.07 Å². The van der Waals surface area contributed by atoms with Crippen LogP contribution in [0.5, 0.6) is 0 Å². The van der Waals surface area contributed by atoms with E-state index in [-0.39, 0.29) is 6.42 Å². The molecule has 0 radical (unpaired) electrons. The first kappa shape index (κ1) is 13.2. The summed E-state index contributed by atoms with van der Waals surface area (Å²) in [5.74, 6) is 0. The third-order valence-corrected chi connectivity index (χ3v) is 3.97. The van der Waals surface area contributed by atoms with Crippen molar-refractivity contribution in [3.8, 4) is 0 Å². The van der Waals surface area contributed by atoms with Crippen LogP contribution in [-0.2, 0) is 6.42 Å². The second-order valence-electron chi connectivity index (χ2n) is 4.02. The fourth-order valence-electron chi connectivity index (χ4n) is 1.97. The summed E-state index contributed by atoms with van der Waals surface area (Å²) in [4.78, 5) is 0. The molecule has 2 N–H and O–H groups in total. The Morgan fingerprint density at radius 2 is 1.88 bits per heavy atom. The Bertz CT molecular complexity index is 403. The van der Waals surface area contributed by atoms with Crippen LogP contribution in [0.15, 0.2) is 28.7 Å². The summed E-state index contributed by atoms with van der Waals surface area (Å²) >= 11 is 8.58.